The third-order valence-electron chi connectivity index (χ3n) is 1.57. The summed E-state index contributed by atoms with van der Waals surface area (Å²) in [6.45, 7) is 0.312. The van der Waals surface area contributed by atoms with Crippen molar-refractivity contribution in [2.24, 2.45) is 5.73 Å². The normalized spacial score (nSPS) is 10.8. The second-order valence-corrected chi connectivity index (χ2v) is 2.86. The van der Waals surface area contributed by atoms with Crippen molar-refractivity contribution in [2.75, 3.05) is 0 Å². The molecule has 12 heavy (non-hydrogen) atoms. The molecule has 0 amide bonds. The van der Waals surface area contributed by atoms with E-state index in [1.54, 1.807) is 18.2 Å². The third-order valence-corrected chi connectivity index (χ3v) is 1.80. The zero-order valence-corrected chi connectivity index (χ0v) is 7.01. The van der Waals surface area contributed by atoms with Gasteiger partial charge in [-0.1, -0.05) is 11.6 Å². The Balaban J connectivity index is 2.67. The van der Waals surface area contributed by atoms with Gasteiger partial charge in [0.1, 0.15) is 5.52 Å². The van der Waals surface area contributed by atoms with Gasteiger partial charge in [0, 0.05) is 5.02 Å². The van der Waals surface area contributed by atoms with E-state index in [0.717, 1.165) is 11.1 Å². The highest BCUT2D eigenvalue weighted by molar-refractivity contribution is 6.31. The summed E-state index contributed by atoms with van der Waals surface area (Å²) in [4.78, 5) is 4.12. The molecule has 1 heterocycles. The number of hydrogen-bond acceptors (Lipinski definition) is 3. The Bertz CT molecular complexity index is 410. The molecule has 2 N–H and O–H groups in total. The molecule has 0 radical (unpaired) electrons. The molecule has 0 unspecified atom stereocenters. The van der Waals surface area contributed by atoms with Crippen molar-refractivity contribution in [1.82, 2.24) is 4.98 Å². The van der Waals surface area contributed by atoms with Crippen molar-refractivity contribution in [3.63, 3.8) is 0 Å². The van der Waals surface area contributed by atoms with E-state index >= 15 is 0 Å². The second kappa shape index (κ2) is 2.77. The van der Waals surface area contributed by atoms with Gasteiger partial charge in [0.2, 0.25) is 5.89 Å². The molecule has 0 bridgehead atoms. The first-order valence-corrected chi connectivity index (χ1v) is 3.92. The molecule has 2 aromatic rings. The molecule has 0 saturated heterocycles. The Morgan fingerprint density at radius 3 is 3.08 bits per heavy atom. The molecule has 0 aliphatic carbocycles. The van der Waals surface area contributed by atoms with Crippen molar-refractivity contribution >= 4 is 22.7 Å². The molecule has 2 rings (SSSR count). The average Bonchev–Trinajstić information content (AvgIpc) is 2.46. The van der Waals surface area contributed by atoms with Crippen LogP contribution >= 0.6 is 11.6 Å². The van der Waals surface area contributed by atoms with Crippen LogP contribution in [0.4, 0.5) is 0 Å². The minimum atomic E-state index is 0.312. The number of hydrogen-bond donors (Lipinski definition) is 1. The van der Waals surface area contributed by atoms with Crippen LogP contribution < -0.4 is 5.73 Å². The van der Waals surface area contributed by atoms with E-state index in [1.807, 2.05) is 0 Å². The maximum absolute atomic E-state index is 5.76. The molecule has 0 fully saturated rings. The van der Waals surface area contributed by atoms with Gasteiger partial charge < -0.3 is 10.2 Å². The predicted octanol–water partition coefficient (Wildman–Crippen LogP) is 1.94. The standard InChI is InChI=1S/C8H7ClN2O/c9-5-1-2-7-6(3-5)11-8(4-10)12-7/h1-3H,4,10H2. The van der Waals surface area contributed by atoms with Crippen LogP contribution in [0.5, 0.6) is 0 Å². The molecular weight excluding hydrogens is 176 g/mol. The number of aromatic nitrogens is 1. The Morgan fingerprint density at radius 1 is 1.50 bits per heavy atom. The van der Waals surface area contributed by atoms with Gasteiger partial charge in [-0.05, 0) is 18.2 Å². The number of nitrogens with zero attached hydrogens (tertiary/aromatic N) is 1. The minimum Gasteiger partial charge on any atom is -0.439 e. The molecule has 0 saturated carbocycles. The van der Waals surface area contributed by atoms with Crippen molar-refractivity contribution in [1.29, 1.82) is 0 Å². The lowest BCUT2D eigenvalue weighted by molar-refractivity contribution is 0.533. The first kappa shape index (κ1) is 7.58. The van der Waals surface area contributed by atoms with Crippen LogP contribution in [0.15, 0.2) is 22.6 Å². The van der Waals surface area contributed by atoms with Gasteiger partial charge in [0.05, 0.1) is 6.54 Å². The van der Waals surface area contributed by atoms with Crippen LogP contribution in [0.2, 0.25) is 5.02 Å². The smallest absolute Gasteiger partial charge is 0.209 e. The van der Waals surface area contributed by atoms with Gasteiger partial charge >= 0.3 is 0 Å². The lowest BCUT2D eigenvalue weighted by Gasteiger charge is -1.85. The third kappa shape index (κ3) is 1.17. The van der Waals surface area contributed by atoms with Gasteiger partial charge in [-0.25, -0.2) is 4.98 Å². The molecule has 1 aromatic heterocycles. The number of benzene rings is 1. The van der Waals surface area contributed by atoms with Crippen molar-refractivity contribution < 1.29 is 4.42 Å². The van der Waals surface area contributed by atoms with E-state index in [2.05, 4.69) is 4.98 Å². The van der Waals surface area contributed by atoms with Crippen LogP contribution in [0, 0.1) is 0 Å². The highest BCUT2D eigenvalue weighted by atomic mass is 35.5. The summed E-state index contributed by atoms with van der Waals surface area (Å²) in [6.07, 6.45) is 0. The summed E-state index contributed by atoms with van der Waals surface area (Å²) in [6, 6.07) is 5.29. The topological polar surface area (TPSA) is 52.0 Å². The molecular formula is C8H7ClN2O. The SMILES string of the molecule is NCc1nc2cc(Cl)ccc2o1. The first-order chi connectivity index (χ1) is 5.79. The fourth-order valence-corrected chi connectivity index (χ4v) is 1.20. The first-order valence-electron chi connectivity index (χ1n) is 3.54. The molecule has 3 nitrogen and oxygen atoms in total. The van der Waals surface area contributed by atoms with Crippen molar-refractivity contribution in [3.8, 4) is 0 Å². The van der Waals surface area contributed by atoms with E-state index in [4.69, 9.17) is 21.8 Å². The second-order valence-electron chi connectivity index (χ2n) is 2.42. The zero-order valence-electron chi connectivity index (χ0n) is 6.25. The number of halogens is 1. The van der Waals surface area contributed by atoms with Gasteiger partial charge in [0.15, 0.2) is 5.58 Å². The quantitative estimate of drug-likeness (QED) is 0.734. The molecule has 0 aliphatic rings. The van der Waals surface area contributed by atoms with Gasteiger partial charge in [-0.3, -0.25) is 0 Å². The molecule has 62 valence electrons. The lowest BCUT2D eigenvalue weighted by Crippen LogP contribution is -1.94. The van der Waals surface area contributed by atoms with Crippen LogP contribution in [0.1, 0.15) is 5.89 Å². The number of rotatable bonds is 1. The lowest BCUT2D eigenvalue weighted by atomic mass is 10.3. The van der Waals surface area contributed by atoms with Gasteiger partial charge in [-0.2, -0.15) is 0 Å². The molecule has 1 aromatic carbocycles. The molecule has 4 heteroatoms. The highest BCUT2D eigenvalue weighted by Crippen LogP contribution is 2.19. The largest absolute Gasteiger partial charge is 0.439 e. The number of fused-ring (bicyclic) bond motifs is 1. The number of oxazole rings is 1. The maximum atomic E-state index is 5.76. The summed E-state index contributed by atoms with van der Waals surface area (Å²) in [5.41, 5.74) is 6.84. The monoisotopic (exact) mass is 182 g/mol. The predicted molar refractivity (Wildman–Crippen MR) is 46.9 cm³/mol. The Kier molecular flexibility index (Phi) is 1.75. The van der Waals surface area contributed by atoms with Crippen molar-refractivity contribution in [3.05, 3.63) is 29.1 Å². The van der Waals surface area contributed by atoms with E-state index in [-0.39, 0.29) is 0 Å². The maximum Gasteiger partial charge on any atom is 0.209 e. The van der Waals surface area contributed by atoms with Gasteiger partial charge in [-0.15, -0.1) is 0 Å². The average molecular weight is 183 g/mol. The number of nitrogens with two attached hydrogens (primary N) is 1. The highest BCUT2D eigenvalue weighted by Gasteiger charge is 2.03. The van der Waals surface area contributed by atoms with Gasteiger partial charge in [0.25, 0.3) is 0 Å². The van der Waals surface area contributed by atoms with Crippen LogP contribution in [-0.2, 0) is 6.54 Å². The minimum absolute atomic E-state index is 0.312. The van der Waals surface area contributed by atoms with Crippen LogP contribution in [0.25, 0.3) is 11.1 Å². The molecule has 0 atom stereocenters. The summed E-state index contributed by atoms with van der Waals surface area (Å²) in [7, 11) is 0. The molecule has 0 spiro atoms. The summed E-state index contributed by atoms with van der Waals surface area (Å²) in [5.74, 6) is 0.535. The van der Waals surface area contributed by atoms with Crippen LogP contribution in [0.3, 0.4) is 0 Å². The Morgan fingerprint density at radius 2 is 2.33 bits per heavy atom. The van der Waals surface area contributed by atoms with Crippen LogP contribution in [-0.4, -0.2) is 4.98 Å². The fraction of sp³-hybridized carbons (Fsp3) is 0.125. The van der Waals surface area contributed by atoms with E-state index in [9.17, 15) is 0 Å². The fourth-order valence-electron chi connectivity index (χ4n) is 1.04. The Hall–Kier alpha value is -1.06. The zero-order chi connectivity index (χ0) is 8.55. The molecule has 0 aliphatic heterocycles. The van der Waals surface area contributed by atoms with Crippen molar-refractivity contribution in [2.45, 2.75) is 6.54 Å². The summed E-state index contributed by atoms with van der Waals surface area (Å²) in [5, 5.41) is 0.652. The summed E-state index contributed by atoms with van der Waals surface area (Å²) >= 11 is 5.76. The van der Waals surface area contributed by atoms with E-state index in [0.29, 0.717) is 17.5 Å². The van der Waals surface area contributed by atoms with E-state index < -0.39 is 0 Å². The Labute approximate surface area is 74.1 Å². The summed E-state index contributed by atoms with van der Waals surface area (Å²) < 4.78 is 5.28. The van der Waals surface area contributed by atoms with E-state index in [1.165, 1.54) is 0 Å².